The lowest BCUT2D eigenvalue weighted by Crippen LogP contribution is -2.30. The lowest BCUT2D eigenvalue weighted by atomic mass is 10.0. The largest absolute Gasteiger partial charge is 0.462 e. The maximum atomic E-state index is 12.9. The zero-order chi connectivity index (χ0) is 51.4. The number of esters is 3. The predicted molar refractivity (Wildman–Crippen MR) is 307 cm³/mol. The van der Waals surface area contributed by atoms with Crippen LogP contribution in [0, 0.1) is 0 Å². The molecular weight excluding hydrogens is 877 g/mol. The third-order valence-electron chi connectivity index (χ3n) is 12.3. The number of carbonyl (C=O) groups is 3. The Balaban J connectivity index is 4.49. The summed E-state index contributed by atoms with van der Waals surface area (Å²) in [5, 5.41) is 0. The first-order valence-corrected chi connectivity index (χ1v) is 29.4. The molecule has 0 fully saturated rings. The molecule has 0 aromatic rings. The zero-order valence-electron chi connectivity index (χ0n) is 46.2. The van der Waals surface area contributed by atoms with Crippen molar-refractivity contribution < 1.29 is 28.6 Å². The van der Waals surface area contributed by atoms with Crippen LogP contribution in [0.25, 0.3) is 0 Å². The standard InChI is InChI=1S/C65H108O6/c1-4-7-10-13-16-19-22-25-28-31-32-35-37-40-43-46-49-52-55-58-64(67)70-61-62(71-65(68)59-56-53-50-47-44-41-38-34-30-27-24-21-18-15-12-9-6-3)60-69-63(66)57-54-51-48-45-42-39-36-33-29-26-23-20-17-14-11-8-5-2/h7,9-10,12,16,18-19,21,25,27-28,30,32,35,38,40-41,43,62H,4-6,8,11,13-15,17,20,22-24,26,29,31,33-34,36-37,39,42,44-61H2,1-3H3/b10-7-,12-9-,19-16-,21-18-,28-25-,30-27-,35-32-,41-38-,43-40-/t62-/m0/s1. The first-order valence-electron chi connectivity index (χ1n) is 29.4. The van der Waals surface area contributed by atoms with Gasteiger partial charge in [-0.25, -0.2) is 0 Å². The fourth-order valence-electron chi connectivity index (χ4n) is 7.93. The van der Waals surface area contributed by atoms with Crippen molar-refractivity contribution in [2.45, 2.75) is 271 Å². The summed E-state index contributed by atoms with van der Waals surface area (Å²) in [6, 6.07) is 0. The maximum Gasteiger partial charge on any atom is 0.306 e. The van der Waals surface area contributed by atoms with Gasteiger partial charge in [-0.3, -0.25) is 14.4 Å². The molecule has 0 heterocycles. The molecule has 404 valence electrons. The highest BCUT2D eigenvalue weighted by Gasteiger charge is 2.19. The maximum absolute atomic E-state index is 12.9. The van der Waals surface area contributed by atoms with E-state index in [9.17, 15) is 14.4 Å². The number of allylic oxidation sites excluding steroid dienone is 18. The highest BCUT2D eigenvalue weighted by molar-refractivity contribution is 5.71. The second-order valence-electron chi connectivity index (χ2n) is 19.1. The van der Waals surface area contributed by atoms with E-state index in [0.29, 0.717) is 19.3 Å². The predicted octanol–water partition coefficient (Wildman–Crippen LogP) is 19.9. The van der Waals surface area contributed by atoms with Crippen LogP contribution in [0.1, 0.15) is 265 Å². The van der Waals surface area contributed by atoms with Crippen LogP contribution >= 0.6 is 0 Å². The van der Waals surface area contributed by atoms with E-state index >= 15 is 0 Å². The second kappa shape index (κ2) is 58.6. The molecule has 0 saturated heterocycles. The Morgan fingerprint density at radius 1 is 0.296 bits per heavy atom. The minimum absolute atomic E-state index is 0.0983. The average molecular weight is 986 g/mol. The summed E-state index contributed by atoms with van der Waals surface area (Å²) < 4.78 is 16.8. The number of ether oxygens (including phenoxy) is 3. The monoisotopic (exact) mass is 985 g/mol. The fourth-order valence-corrected chi connectivity index (χ4v) is 7.93. The Morgan fingerprint density at radius 2 is 0.549 bits per heavy atom. The molecule has 71 heavy (non-hydrogen) atoms. The number of hydrogen-bond acceptors (Lipinski definition) is 6. The van der Waals surface area contributed by atoms with E-state index in [1.165, 1.54) is 89.9 Å². The molecule has 0 aliphatic rings. The molecule has 0 aromatic carbocycles. The van der Waals surface area contributed by atoms with Gasteiger partial charge in [-0.1, -0.05) is 252 Å². The van der Waals surface area contributed by atoms with Crippen molar-refractivity contribution in [3.8, 4) is 0 Å². The van der Waals surface area contributed by atoms with Gasteiger partial charge in [0.2, 0.25) is 0 Å². The molecule has 1 atom stereocenters. The molecule has 0 amide bonds. The van der Waals surface area contributed by atoms with Crippen LogP contribution < -0.4 is 0 Å². The molecule has 0 aromatic heterocycles. The fraction of sp³-hybridized carbons (Fsp3) is 0.677. The lowest BCUT2D eigenvalue weighted by molar-refractivity contribution is -0.167. The Bertz CT molecular complexity index is 1460. The van der Waals surface area contributed by atoms with Gasteiger partial charge in [-0.05, 0) is 103 Å². The van der Waals surface area contributed by atoms with Gasteiger partial charge in [0, 0.05) is 19.3 Å². The van der Waals surface area contributed by atoms with Crippen molar-refractivity contribution in [3.05, 3.63) is 109 Å². The molecule has 6 nitrogen and oxygen atoms in total. The van der Waals surface area contributed by atoms with Crippen molar-refractivity contribution in [2.75, 3.05) is 13.2 Å². The van der Waals surface area contributed by atoms with Gasteiger partial charge in [0.25, 0.3) is 0 Å². The van der Waals surface area contributed by atoms with Gasteiger partial charge in [0.1, 0.15) is 13.2 Å². The van der Waals surface area contributed by atoms with E-state index in [4.69, 9.17) is 14.2 Å². The molecule has 0 rings (SSSR count). The number of unbranched alkanes of at least 4 members (excludes halogenated alkanes) is 23. The molecule has 0 unspecified atom stereocenters. The van der Waals surface area contributed by atoms with Gasteiger partial charge in [0.15, 0.2) is 6.10 Å². The summed E-state index contributed by atoms with van der Waals surface area (Å²) in [5.74, 6) is -0.952. The van der Waals surface area contributed by atoms with Crippen molar-refractivity contribution >= 4 is 17.9 Å². The molecule has 0 aliphatic heterocycles. The van der Waals surface area contributed by atoms with E-state index in [-0.39, 0.29) is 31.1 Å². The molecule has 0 aliphatic carbocycles. The van der Waals surface area contributed by atoms with Crippen molar-refractivity contribution in [2.24, 2.45) is 0 Å². The van der Waals surface area contributed by atoms with E-state index in [1.807, 2.05) is 0 Å². The van der Waals surface area contributed by atoms with Crippen LogP contribution in [0.5, 0.6) is 0 Å². The van der Waals surface area contributed by atoms with Crippen LogP contribution in [-0.4, -0.2) is 37.2 Å². The SMILES string of the molecule is CC/C=C\C/C=C\C/C=C\C/C=C\C/C=C\CCCCCC(=O)OC[C@H](COC(=O)CCCCCCCCCCCCCCCCCCC)OC(=O)CCCCCC/C=C\C/C=C\C/C=C\C/C=C\CC. The van der Waals surface area contributed by atoms with E-state index < -0.39 is 6.10 Å². The Labute approximate surface area is 438 Å². The minimum Gasteiger partial charge on any atom is -0.462 e. The van der Waals surface area contributed by atoms with Gasteiger partial charge >= 0.3 is 17.9 Å². The molecule has 0 saturated carbocycles. The van der Waals surface area contributed by atoms with E-state index in [0.717, 1.165) is 135 Å². The third-order valence-corrected chi connectivity index (χ3v) is 12.3. The van der Waals surface area contributed by atoms with Crippen LogP contribution in [0.2, 0.25) is 0 Å². The Morgan fingerprint density at radius 3 is 0.873 bits per heavy atom. The van der Waals surface area contributed by atoms with Crippen molar-refractivity contribution in [3.63, 3.8) is 0 Å². The van der Waals surface area contributed by atoms with Crippen molar-refractivity contribution in [1.29, 1.82) is 0 Å². The molecule has 0 radical (unpaired) electrons. The third kappa shape index (κ3) is 56.9. The second-order valence-corrected chi connectivity index (χ2v) is 19.1. The zero-order valence-corrected chi connectivity index (χ0v) is 46.2. The number of hydrogen-bond donors (Lipinski definition) is 0. The van der Waals surface area contributed by atoms with Gasteiger partial charge < -0.3 is 14.2 Å². The summed E-state index contributed by atoms with van der Waals surface area (Å²) in [6.45, 7) is 6.38. The minimum atomic E-state index is -0.806. The summed E-state index contributed by atoms with van der Waals surface area (Å²) in [5.41, 5.74) is 0. The van der Waals surface area contributed by atoms with Crippen molar-refractivity contribution in [1.82, 2.24) is 0 Å². The Hall–Kier alpha value is -3.93. The quantitative estimate of drug-likeness (QED) is 0.0261. The van der Waals surface area contributed by atoms with Crippen LogP contribution in [-0.2, 0) is 28.6 Å². The summed E-state index contributed by atoms with van der Waals surface area (Å²) >= 11 is 0. The summed E-state index contributed by atoms with van der Waals surface area (Å²) in [7, 11) is 0. The van der Waals surface area contributed by atoms with Gasteiger partial charge in [0.05, 0.1) is 0 Å². The molecule has 0 spiro atoms. The average Bonchev–Trinajstić information content (AvgIpc) is 3.37. The normalized spacial score (nSPS) is 12.9. The van der Waals surface area contributed by atoms with Gasteiger partial charge in [-0.15, -0.1) is 0 Å². The summed E-state index contributed by atoms with van der Waals surface area (Å²) in [4.78, 5) is 38.2. The highest BCUT2D eigenvalue weighted by Crippen LogP contribution is 2.16. The first-order chi connectivity index (χ1) is 35.0. The van der Waals surface area contributed by atoms with Gasteiger partial charge in [-0.2, -0.15) is 0 Å². The number of carbonyl (C=O) groups excluding carboxylic acids is 3. The topological polar surface area (TPSA) is 78.9 Å². The molecular formula is C65H108O6. The first kappa shape index (κ1) is 67.1. The molecule has 0 N–H and O–H groups in total. The Kier molecular flexibility index (Phi) is 55.4. The van der Waals surface area contributed by atoms with Crippen LogP contribution in [0.15, 0.2) is 109 Å². The smallest absolute Gasteiger partial charge is 0.306 e. The molecule has 0 bridgehead atoms. The van der Waals surface area contributed by atoms with E-state index in [2.05, 4.69) is 130 Å². The van der Waals surface area contributed by atoms with Crippen LogP contribution in [0.3, 0.4) is 0 Å². The highest BCUT2D eigenvalue weighted by atomic mass is 16.6. The molecule has 6 heteroatoms. The number of rotatable bonds is 52. The summed E-state index contributed by atoms with van der Waals surface area (Å²) in [6.07, 6.45) is 79.3. The lowest BCUT2D eigenvalue weighted by Gasteiger charge is -2.18. The van der Waals surface area contributed by atoms with E-state index in [1.54, 1.807) is 0 Å². The van der Waals surface area contributed by atoms with Crippen LogP contribution in [0.4, 0.5) is 0 Å².